The second kappa shape index (κ2) is 5.59. The van der Waals surface area contributed by atoms with Gasteiger partial charge in [-0.2, -0.15) is 5.10 Å². The van der Waals surface area contributed by atoms with E-state index >= 15 is 0 Å². The molecule has 0 aliphatic heterocycles. The predicted octanol–water partition coefficient (Wildman–Crippen LogP) is 1.68. The standard InChI is InChI=1S/C13H18N4/c1-11-8-16-17(10-11)7-6-14-9-13-12(2)4-3-5-15-13/h3-5,8,10,14H,6-7,9H2,1-2H3. The van der Waals surface area contributed by atoms with Crippen molar-refractivity contribution in [3.8, 4) is 0 Å². The molecule has 0 saturated carbocycles. The van der Waals surface area contributed by atoms with Crippen LogP contribution in [0.5, 0.6) is 0 Å². The van der Waals surface area contributed by atoms with Crippen LogP contribution in [0.3, 0.4) is 0 Å². The van der Waals surface area contributed by atoms with Crippen LogP contribution in [0.1, 0.15) is 16.8 Å². The Labute approximate surface area is 102 Å². The largest absolute Gasteiger partial charge is 0.309 e. The van der Waals surface area contributed by atoms with E-state index in [0.29, 0.717) is 0 Å². The molecule has 0 aliphatic rings. The van der Waals surface area contributed by atoms with Crippen LogP contribution in [0.15, 0.2) is 30.7 Å². The van der Waals surface area contributed by atoms with E-state index in [9.17, 15) is 0 Å². The lowest BCUT2D eigenvalue weighted by Crippen LogP contribution is -2.20. The zero-order chi connectivity index (χ0) is 12.1. The fourth-order valence-electron chi connectivity index (χ4n) is 1.69. The number of nitrogens with one attached hydrogen (secondary N) is 1. The lowest BCUT2D eigenvalue weighted by atomic mass is 10.2. The lowest BCUT2D eigenvalue weighted by Gasteiger charge is -2.06. The van der Waals surface area contributed by atoms with Gasteiger partial charge in [-0.05, 0) is 31.0 Å². The molecule has 0 bridgehead atoms. The second-order valence-corrected chi connectivity index (χ2v) is 4.22. The number of nitrogens with zero attached hydrogens (tertiary/aromatic N) is 3. The van der Waals surface area contributed by atoms with Crippen LogP contribution < -0.4 is 5.32 Å². The van der Waals surface area contributed by atoms with Crippen LogP contribution in [-0.2, 0) is 13.1 Å². The van der Waals surface area contributed by atoms with Gasteiger partial charge in [0.25, 0.3) is 0 Å². The molecule has 0 fully saturated rings. The Bertz CT molecular complexity index is 476. The molecule has 2 aromatic heterocycles. The first-order chi connectivity index (χ1) is 8.25. The summed E-state index contributed by atoms with van der Waals surface area (Å²) >= 11 is 0. The highest BCUT2D eigenvalue weighted by Crippen LogP contribution is 2.01. The molecule has 2 heterocycles. The minimum Gasteiger partial charge on any atom is -0.309 e. The maximum atomic E-state index is 4.34. The third-order valence-corrected chi connectivity index (χ3v) is 2.69. The van der Waals surface area contributed by atoms with Crippen molar-refractivity contribution in [3.05, 3.63) is 47.5 Å². The Morgan fingerprint density at radius 3 is 2.94 bits per heavy atom. The quantitative estimate of drug-likeness (QED) is 0.795. The number of hydrogen-bond donors (Lipinski definition) is 1. The molecule has 0 radical (unpaired) electrons. The molecule has 1 N–H and O–H groups in total. The summed E-state index contributed by atoms with van der Waals surface area (Å²) in [5, 5.41) is 7.62. The monoisotopic (exact) mass is 230 g/mol. The summed E-state index contributed by atoms with van der Waals surface area (Å²) in [5.74, 6) is 0. The fourth-order valence-corrected chi connectivity index (χ4v) is 1.69. The molecular weight excluding hydrogens is 212 g/mol. The molecule has 0 spiro atoms. The maximum Gasteiger partial charge on any atom is 0.0570 e. The smallest absolute Gasteiger partial charge is 0.0570 e. The first-order valence-corrected chi connectivity index (χ1v) is 5.86. The average Bonchev–Trinajstić information content (AvgIpc) is 2.73. The minimum atomic E-state index is 0.812. The number of aromatic nitrogens is 3. The van der Waals surface area contributed by atoms with Crippen molar-refractivity contribution in [1.82, 2.24) is 20.1 Å². The van der Waals surface area contributed by atoms with Crippen LogP contribution in [0.4, 0.5) is 0 Å². The van der Waals surface area contributed by atoms with Crippen molar-refractivity contribution >= 4 is 0 Å². The van der Waals surface area contributed by atoms with Crippen LogP contribution in [0, 0.1) is 13.8 Å². The molecule has 0 saturated heterocycles. The van der Waals surface area contributed by atoms with E-state index in [1.54, 1.807) is 0 Å². The van der Waals surface area contributed by atoms with Crippen LogP contribution in [0.2, 0.25) is 0 Å². The summed E-state index contributed by atoms with van der Waals surface area (Å²) in [5.41, 5.74) is 3.55. The predicted molar refractivity (Wildman–Crippen MR) is 67.6 cm³/mol. The first kappa shape index (κ1) is 11.8. The highest BCUT2D eigenvalue weighted by molar-refractivity contribution is 5.17. The Morgan fingerprint density at radius 2 is 2.24 bits per heavy atom. The molecule has 90 valence electrons. The van der Waals surface area contributed by atoms with Gasteiger partial charge in [0.15, 0.2) is 0 Å². The molecular formula is C13H18N4. The van der Waals surface area contributed by atoms with Crippen LogP contribution in [0.25, 0.3) is 0 Å². The van der Waals surface area contributed by atoms with E-state index in [4.69, 9.17) is 0 Å². The third kappa shape index (κ3) is 3.39. The van der Waals surface area contributed by atoms with Gasteiger partial charge in [-0.25, -0.2) is 0 Å². The van der Waals surface area contributed by atoms with E-state index in [2.05, 4.69) is 28.4 Å². The Hall–Kier alpha value is -1.68. The van der Waals surface area contributed by atoms with E-state index in [-0.39, 0.29) is 0 Å². The van der Waals surface area contributed by atoms with E-state index in [1.165, 1.54) is 11.1 Å². The highest BCUT2D eigenvalue weighted by atomic mass is 15.3. The topological polar surface area (TPSA) is 42.7 Å². The van der Waals surface area contributed by atoms with Gasteiger partial charge in [0.1, 0.15) is 0 Å². The van der Waals surface area contributed by atoms with E-state index in [0.717, 1.165) is 25.3 Å². The van der Waals surface area contributed by atoms with Crippen molar-refractivity contribution < 1.29 is 0 Å². The maximum absolute atomic E-state index is 4.34. The van der Waals surface area contributed by atoms with Gasteiger partial charge < -0.3 is 5.32 Å². The molecule has 2 rings (SSSR count). The molecule has 4 nitrogen and oxygen atoms in total. The number of hydrogen-bond acceptors (Lipinski definition) is 3. The van der Waals surface area contributed by atoms with Crippen molar-refractivity contribution in [2.75, 3.05) is 6.54 Å². The van der Waals surface area contributed by atoms with Gasteiger partial charge in [-0.3, -0.25) is 9.67 Å². The summed E-state index contributed by atoms with van der Waals surface area (Å²) < 4.78 is 1.95. The summed E-state index contributed by atoms with van der Waals surface area (Å²) in [6.07, 6.45) is 5.76. The Kier molecular flexibility index (Phi) is 3.88. The number of rotatable bonds is 5. The average molecular weight is 230 g/mol. The zero-order valence-corrected chi connectivity index (χ0v) is 10.3. The summed E-state index contributed by atoms with van der Waals surface area (Å²) in [4.78, 5) is 4.34. The minimum absolute atomic E-state index is 0.812. The Balaban J connectivity index is 1.75. The van der Waals surface area contributed by atoms with Crippen molar-refractivity contribution in [2.24, 2.45) is 0 Å². The highest BCUT2D eigenvalue weighted by Gasteiger charge is 1.98. The Morgan fingerprint density at radius 1 is 1.35 bits per heavy atom. The summed E-state index contributed by atoms with van der Waals surface area (Å²) in [6.45, 7) is 6.73. The van der Waals surface area contributed by atoms with Gasteiger partial charge in [0.05, 0.1) is 18.4 Å². The third-order valence-electron chi connectivity index (χ3n) is 2.69. The van der Waals surface area contributed by atoms with Crippen LogP contribution >= 0.6 is 0 Å². The number of pyridine rings is 1. The van der Waals surface area contributed by atoms with E-state index < -0.39 is 0 Å². The molecule has 0 amide bonds. The summed E-state index contributed by atoms with van der Waals surface area (Å²) in [7, 11) is 0. The number of aryl methyl sites for hydroxylation is 2. The SMILES string of the molecule is Cc1cnn(CCNCc2ncccc2C)c1. The van der Waals surface area contributed by atoms with Gasteiger partial charge in [0, 0.05) is 25.5 Å². The normalized spacial score (nSPS) is 10.7. The zero-order valence-electron chi connectivity index (χ0n) is 10.3. The van der Waals surface area contributed by atoms with Gasteiger partial charge in [-0.1, -0.05) is 6.07 Å². The van der Waals surface area contributed by atoms with Gasteiger partial charge in [-0.15, -0.1) is 0 Å². The van der Waals surface area contributed by atoms with Crippen molar-refractivity contribution in [3.63, 3.8) is 0 Å². The molecule has 2 aromatic rings. The van der Waals surface area contributed by atoms with Crippen LogP contribution in [-0.4, -0.2) is 21.3 Å². The molecule has 0 unspecified atom stereocenters. The summed E-state index contributed by atoms with van der Waals surface area (Å²) in [6, 6.07) is 4.05. The van der Waals surface area contributed by atoms with Gasteiger partial charge >= 0.3 is 0 Å². The van der Waals surface area contributed by atoms with E-state index in [1.807, 2.05) is 36.3 Å². The molecule has 17 heavy (non-hydrogen) atoms. The fraction of sp³-hybridized carbons (Fsp3) is 0.385. The molecule has 0 aromatic carbocycles. The van der Waals surface area contributed by atoms with Crippen molar-refractivity contribution in [1.29, 1.82) is 0 Å². The van der Waals surface area contributed by atoms with Crippen molar-refractivity contribution in [2.45, 2.75) is 26.9 Å². The second-order valence-electron chi connectivity index (χ2n) is 4.22. The first-order valence-electron chi connectivity index (χ1n) is 5.86. The van der Waals surface area contributed by atoms with Gasteiger partial charge in [0.2, 0.25) is 0 Å². The lowest BCUT2D eigenvalue weighted by molar-refractivity contribution is 0.550. The molecule has 4 heteroatoms. The molecule has 0 atom stereocenters. The molecule has 0 aliphatic carbocycles.